The summed E-state index contributed by atoms with van der Waals surface area (Å²) in [5.74, 6) is -0.829. The van der Waals surface area contributed by atoms with Gasteiger partial charge in [0.25, 0.3) is 5.91 Å². The molecule has 2 unspecified atom stereocenters. The lowest BCUT2D eigenvalue weighted by Crippen LogP contribution is -2.45. The van der Waals surface area contributed by atoms with Crippen LogP contribution >= 0.6 is 0 Å². The van der Waals surface area contributed by atoms with Crippen molar-refractivity contribution in [2.75, 3.05) is 13.1 Å². The minimum Gasteiger partial charge on any atom is -0.391 e. The maximum absolute atomic E-state index is 12.4. The highest BCUT2D eigenvalue weighted by atomic mass is 16.6. The van der Waals surface area contributed by atoms with Crippen LogP contribution in [0.2, 0.25) is 0 Å². The first-order valence-electron chi connectivity index (χ1n) is 10.3. The highest BCUT2D eigenvalue weighted by Gasteiger charge is 2.26. The van der Waals surface area contributed by atoms with Crippen LogP contribution in [0.3, 0.4) is 0 Å². The number of unbranched alkanes of at least 4 members (excludes halogenated alkanes) is 1. The SMILES string of the molecule is CCCCC(NC(=O)c1ccccc1)C(O)CCNC(=O)OC(=O)[C@@H]1CCCN1. The molecule has 0 aliphatic carbocycles. The number of amides is 2. The van der Waals surface area contributed by atoms with E-state index in [0.29, 0.717) is 18.4 Å². The fourth-order valence-electron chi connectivity index (χ4n) is 3.23. The zero-order chi connectivity index (χ0) is 21.1. The van der Waals surface area contributed by atoms with Gasteiger partial charge in [-0.05, 0) is 44.4 Å². The summed E-state index contributed by atoms with van der Waals surface area (Å²) in [4.78, 5) is 36.0. The maximum Gasteiger partial charge on any atom is 0.414 e. The van der Waals surface area contributed by atoms with Crippen LogP contribution in [0.5, 0.6) is 0 Å². The summed E-state index contributed by atoms with van der Waals surface area (Å²) < 4.78 is 4.76. The predicted octanol–water partition coefficient (Wildman–Crippen LogP) is 1.73. The number of aliphatic hydroxyl groups is 1. The Labute approximate surface area is 171 Å². The first-order valence-corrected chi connectivity index (χ1v) is 10.3. The van der Waals surface area contributed by atoms with E-state index >= 15 is 0 Å². The molecule has 29 heavy (non-hydrogen) atoms. The lowest BCUT2D eigenvalue weighted by molar-refractivity contribution is -0.139. The van der Waals surface area contributed by atoms with Crippen LogP contribution < -0.4 is 16.0 Å². The fourth-order valence-corrected chi connectivity index (χ4v) is 3.23. The molecule has 2 rings (SSSR count). The molecule has 8 heteroatoms. The Bertz CT molecular complexity index is 662. The zero-order valence-electron chi connectivity index (χ0n) is 16.9. The molecule has 1 heterocycles. The smallest absolute Gasteiger partial charge is 0.391 e. The first kappa shape index (κ1) is 22.8. The van der Waals surface area contributed by atoms with Gasteiger partial charge in [-0.25, -0.2) is 9.59 Å². The summed E-state index contributed by atoms with van der Waals surface area (Å²) in [6.45, 7) is 2.91. The van der Waals surface area contributed by atoms with Crippen molar-refractivity contribution in [3.63, 3.8) is 0 Å². The molecule has 0 bridgehead atoms. The van der Waals surface area contributed by atoms with Crippen molar-refractivity contribution in [2.45, 2.75) is 63.6 Å². The molecule has 4 N–H and O–H groups in total. The van der Waals surface area contributed by atoms with Gasteiger partial charge < -0.3 is 25.8 Å². The van der Waals surface area contributed by atoms with Gasteiger partial charge in [-0.2, -0.15) is 0 Å². The summed E-state index contributed by atoms with van der Waals surface area (Å²) in [5, 5.41) is 18.8. The number of esters is 1. The van der Waals surface area contributed by atoms with E-state index in [1.807, 2.05) is 13.0 Å². The summed E-state index contributed by atoms with van der Waals surface area (Å²) in [5.41, 5.74) is 0.530. The lowest BCUT2D eigenvalue weighted by atomic mass is 10.0. The number of hydrogen-bond donors (Lipinski definition) is 4. The normalized spacial score (nSPS) is 17.9. The fraction of sp³-hybridized carbons (Fsp3) is 0.571. The van der Waals surface area contributed by atoms with Crippen molar-refractivity contribution in [1.82, 2.24) is 16.0 Å². The van der Waals surface area contributed by atoms with Crippen LogP contribution in [-0.4, -0.2) is 54.4 Å². The molecule has 8 nitrogen and oxygen atoms in total. The second-order valence-electron chi connectivity index (χ2n) is 7.23. The number of carbonyl (C=O) groups is 3. The summed E-state index contributed by atoms with van der Waals surface area (Å²) in [6.07, 6.45) is 2.53. The number of ether oxygens (including phenoxy) is 1. The molecule has 160 valence electrons. The van der Waals surface area contributed by atoms with E-state index in [-0.39, 0.29) is 18.9 Å². The van der Waals surface area contributed by atoms with Crippen molar-refractivity contribution in [3.05, 3.63) is 35.9 Å². The van der Waals surface area contributed by atoms with E-state index in [9.17, 15) is 19.5 Å². The molecule has 1 aliphatic rings. The van der Waals surface area contributed by atoms with Crippen LogP contribution in [0, 0.1) is 0 Å². The number of nitrogens with one attached hydrogen (secondary N) is 3. The maximum atomic E-state index is 12.4. The van der Waals surface area contributed by atoms with E-state index in [4.69, 9.17) is 4.74 Å². The van der Waals surface area contributed by atoms with Gasteiger partial charge in [-0.3, -0.25) is 4.79 Å². The Kier molecular flexibility index (Phi) is 9.59. The van der Waals surface area contributed by atoms with Crippen molar-refractivity contribution < 1.29 is 24.2 Å². The molecular formula is C21H31N3O5. The molecule has 1 aliphatic heterocycles. The third-order valence-corrected chi connectivity index (χ3v) is 4.93. The number of hydrogen-bond acceptors (Lipinski definition) is 6. The number of alkyl carbamates (subject to hydrolysis) is 1. The number of rotatable bonds is 10. The van der Waals surface area contributed by atoms with Crippen molar-refractivity contribution in [3.8, 4) is 0 Å². The molecular weight excluding hydrogens is 374 g/mol. The largest absolute Gasteiger partial charge is 0.414 e. The molecule has 0 radical (unpaired) electrons. The van der Waals surface area contributed by atoms with Gasteiger partial charge in [-0.1, -0.05) is 38.0 Å². The lowest BCUT2D eigenvalue weighted by Gasteiger charge is -2.24. The molecule has 1 fully saturated rings. The van der Waals surface area contributed by atoms with E-state index in [2.05, 4.69) is 16.0 Å². The van der Waals surface area contributed by atoms with Crippen LogP contribution in [0.15, 0.2) is 30.3 Å². The van der Waals surface area contributed by atoms with E-state index in [1.165, 1.54) is 0 Å². The Morgan fingerprint density at radius 3 is 2.66 bits per heavy atom. The molecule has 2 amide bonds. The van der Waals surface area contributed by atoms with Crippen molar-refractivity contribution >= 4 is 18.0 Å². The molecule has 0 aromatic heterocycles. The average molecular weight is 405 g/mol. The quantitative estimate of drug-likeness (QED) is 0.348. The van der Waals surface area contributed by atoms with Gasteiger partial charge in [0.15, 0.2) is 0 Å². The Hall–Kier alpha value is -2.45. The average Bonchev–Trinajstić information content (AvgIpc) is 3.26. The highest BCUT2D eigenvalue weighted by molar-refractivity contribution is 5.94. The third kappa shape index (κ3) is 7.83. The van der Waals surface area contributed by atoms with Crippen LogP contribution in [0.1, 0.15) is 55.8 Å². The van der Waals surface area contributed by atoms with Crippen molar-refractivity contribution in [2.24, 2.45) is 0 Å². The van der Waals surface area contributed by atoms with Gasteiger partial charge in [0, 0.05) is 12.1 Å². The first-order chi connectivity index (χ1) is 14.0. The third-order valence-electron chi connectivity index (χ3n) is 4.93. The summed E-state index contributed by atoms with van der Waals surface area (Å²) in [6, 6.07) is 7.97. The number of benzene rings is 1. The predicted molar refractivity (Wildman–Crippen MR) is 108 cm³/mol. The number of aliphatic hydroxyl groups excluding tert-OH is 1. The second kappa shape index (κ2) is 12.2. The van der Waals surface area contributed by atoms with E-state index in [1.54, 1.807) is 24.3 Å². The molecule has 1 aromatic carbocycles. The van der Waals surface area contributed by atoms with E-state index < -0.39 is 30.3 Å². The summed E-state index contributed by atoms with van der Waals surface area (Å²) in [7, 11) is 0. The van der Waals surface area contributed by atoms with Crippen LogP contribution in [0.4, 0.5) is 4.79 Å². The monoisotopic (exact) mass is 405 g/mol. The molecule has 0 spiro atoms. The van der Waals surface area contributed by atoms with Gasteiger partial charge in [0.1, 0.15) is 6.04 Å². The van der Waals surface area contributed by atoms with Crippen LogP contribution in [0.25, 0.3) is 0 Å². The van der Waals surface area contributed by atoms with Gasteiger partial charge in [0.2, 0.25) is 0 Å². The van der Waals surface area contributed by atoms with Gasteiger partial charge >= 0.3 is 12.1 Å². The minimum absolute atomic E-state index is 0.134. The molecule has 1 aromatic rings. The zero-order valence-corrected chi connectivity index (χ0v) is 16.9. The number of carbonyl (C=O) groups excluding carboxylic acids is 3. The molecule has 3 atom stereocenters. The van der Waals surface area contributed by atoms with Gasteiger partial charge in [-0.15, -0.1) is 0 Å². The van der Waals surface area contributed by atoms with Crippen molar-refractivity contribution in [1.29, 1.82) is 0 Å². The standard InChI is InChI=1S/C21H31N3O5/c1-2-3-10-16(24-19(26)15-8-5-4-6-9-15)18(25)12-14-23-21(28)29-20(27)17-11-7-13-22-17/h4-6,8-9,16-18,22,25H,2-3,7,10-14H2,1H3,(H,23,28)(H,24,26)/t16?,17-,18?/m0/s1. The van der Waals surface area contributed by atoms with Crippen LogP contribution in [-0.2, 0) is 9.53 Å². The summed E-state index contributed by atoms with van der Waals surface area (Å²) >= 11 is 0. The molecule has 1 saturated heterocycles. The molecule has 0 saturated carbocycles. The second-order valence-corrected chi connectivity index (χ2v) is 7.23. The Balaban J connectivity index is 1.77. The Morgan fingerprint density at radius 2 is 2.00 bits per heavy atom. The Morgan fingerprint density at radius 1 is 1.24 bits per heavy atom. The highest BCUT2D eigenvalue weighted by Crippen LogP contribution is 2.10. The van der Waals surface area contributed by atoms with E-state index in [0.717, 1.165) is 25.8 Å². The topological polar surface area (TPSA) is 117 Å². The minimum atomic E-state index is -0.832. The van der Waals surface area contributed by atoms with Gasteiger partial charge in [0.05, 0.1) is 12.1 Å².